The second kappa shape index (κ2) is 6.14. The fourth-order valence-corrected chi connectivity index (χ4v) is 2.84. The topological polar surface area (TPSA) is 40.6 Å². The fourth-order valence-electron chi connectivity index (χ4n) is 1.44. The molecule has 0 amide bonds. The summed E-state index contributed by atoms with van der Waals surface area (Å²) >= 11 is 0. The highest BCUT2D eigenvalue weighted by Gasteiger charge is 2.22. The van der Waals surface area contributed by atoms with Gasteiger partial charge in [0.2, 0.25) is 10.0 Å². The molecule has 1 aromatic carbocycles. The molecule has 0 saturated carbocycles. The van der Waals surface area contributed by atoms with Crippen molar-refractivity contribution in [1.82, 2.24) is 9.21 Å². The lowest BCUT2D eigenvalue weighted by molar-refractivity contribution is 0.340. The fraction of sp³-hybridized carbons (Fsp3) is 0.500. The molecule has 1 rings (SSSR count). The van der Waals surface area contributed by atoms with Crippen LogP contribution in [0.3, 0.4) is 0 Å². The maximum atomic E-state index is 12.3. The van der Waals surface area contributed by atoms with Gasteiger partial charge in [0, 0.05) is 25.7 Å². The summed E-state index contributed by atoms with van der Waals surface area (Å²) < 4.78 is 26.0. The number of rotatable bonds is 6. The third kappa shape index (κ3) is 3.80. The first kappa shape index (κ1) is 14.2. The van der Waals surface area contributed by atoms with Crippen molar-refractivity contribution in [2.45, 2.75) is 11.8 Å². The largest absolute Gasteiger partial charge is 0.308 e. The Labute approximate surface area is 104 Å². The van der Waals surface area contributed by atoms with Gasteiger partial charge in [-0.15, -0.1) is 0 Å². The number of likely N-dealkylation sites (N-methyl/N-ethyl adjacent to an activating group) is 2. The Morgan fingerprint density at radius 2 is 1.94 bits per heavy atom. The summed E-state index contributed by atoms with van der Waals surface area (Å²) in [6.07, 6.45) is 0. The van der Waals surface area contributed by atoms with Gasteiger partial charge in [-0.2, -0.15) is 4.31 Å². The molecule has 0 unspecified atom stereocenters. The first-order valence-corrected chi connectivity index (χ1v) is 7.04. The number of benzene rings is 1. The van der Waals surface area contributed by atoms with E-state index in [1.165, 1.54) is 4.31 Å². The van der Waals surface area contributed by atoms with Crippen molar-refractivity contribution in [2.75, 3.05) is 33.7 Å². The third-order valence-corrected chi connectivity index (χ3v) is 4.38. The van der Waals surface area contributed by atoms with Gasteiger partial charge in [-0.05, 0) is 20.2 Å². The van der Waals surface area contributed by atoms with Gasteiger partial charge in [-0.3, -0.25) is 0 Å². The highest BCUT2D eigenvalue weighted by atomic mass is 32.2. The predicted octanol–water partition coefficient (Wildman–Crippen LogP) is 1.06. The van der Waals surface area contributed by atoms with Gasteiger partial charge in [-0.25, -0.2) is 8.42 Å². The zero-order valence-electron chi connectivity index (χ0n) is 10.5. The number of nitrogens with zero attached hydrogens (tertiary/aromatic N) is 2. The lowest BCUT2D eigenvalue weighted by atomic mass is 10.4. The molecule has 0 spiro atoms. The molecule has 4 nitrogen and oxygen atoms in total. The maximum absolute atomic E-state index is 12.3. The Hall–Kier alpha value is -0.910. The van der Waals surface area contributed by atoms with Crippen LogP contribution in [-0.4, -0.2) is 51.4 Å². The van der Waals surface area contributed by atoms with Crippen LogP contribution in [0.4, 0.5) is 0 Å². The van der Waals surface area contributed by atoms with Crippen LogP contribution in [0, 0.1) is 6.07 Å². The van der Waals surface area contributed by atoms with Crippen LogP contribution in [0.1, 0.15) is 6.92 Å². The van der Waals surface area contributed by atoms with Crippen molar-refractivity contribution in [2.24, 2.45) is 0 Å². The first-order valence-electron chi connectivity index (χ1n) is 5.60. The summed E-state index contributed by atoms with van der Waals surface area (Å²) in [7, 11) is 0.456. The second-order valence-electron chi connectivity index (χ2n) is 4.03. The molecule has 95 valence electrons. The lowest BCUT2D eigenvalue weighted by Gasteiger charge is -2.22. The van der Waals surface area contributed by atoms with Gasteiger partial charge in [-0.1, -0.05) is 25.1 Å². The van der Waals surface area contributed by atoms with Crippen molar-refractivity contribution < 1.29 is 8.42 Å². The zero-order chi connectivity index (χ0) is 12.9. The van der Waals surface area contributed by atoms with Gasteiger partial charge in [0.15, 0.2) is 0 Å². The van der Waals surface area contributed by atoms with Crippen LogP contribution < -0.4 is 0 Å². The molecule has 5 heteroatoms. The quantitative estimate of drug-likeness (QED) is 0.763. The van der Waals surface area contributed by atoms with E-state index in [9.17, 15) is 8.42 Å². The van der Waals surface area contributed by atoms with E-state index in [-0.39, 0.29) is 4.90 Å². The summed E-state index contributed by atoms with van der Waals surface area (Å²) in [5, 5.41) is 0. The van der Waals surface area contributed by atoms with Crippen molar-refractivity contribution in [3.05, 3.63) is 30.3 Å². The Bertz CT molecular complexity index is 429. The van der Waals surface area contributed by atoms with E-state index >= 15 is 0 Å². The van der Waals surface area contributed by atoms with Crippen LogP contribution in [0.2, 0.25) is 0 Å². The van der Waals surface area contributed by atoms with E-state index in [4.69, 9.17) is 0 Å². The van der Waals surface area contributed by atoms with Crippen molar-refractivity contribution in [3.8, 4) is 0 Å². The minimum absolute atomic E-state index is 0.237. The zero-order valence-corrected chi connectivity index (χ0v) is 11.4. The van der Waals surface area contributed by atoms with Crippen LogP contribution in [-0.2, 0) is 10.0 Å². The molecule has 1 radical (unpaired) electrons. The van der Waals surface area contributed by atoms with E-state index in [0.717, 1.165) is 0 Å². The molecule has 0 aliphatic heterocycles. The molecule has 0 atom stereocenters. The van der Waals surface area contributed by atoms with Crippen LogP contribution >= 0.6 is 0 Å². The number of sulfonamides is 1. The van der Waals surface area contributed by atoms with E-state index in [1.807, 2.05) is 25.9 Å². The van der Waals surface area contributed by atoms with Gasteiger partial charge in [0.1, 0.15) is 0 Å². The molecule has 0 aliphatic rings. The average Bonchev–Trinajstić information content (AvgIpc) is 2.30. The highest BCUT2D eigenvalue weighted by molar-refractivity contribution is 7.89. The summed E-state index contributed by atoms with van der Waals surface area (Å²) in [6.45, 7) is 3.52. The summed E-state index contributed by atoms with van der Waals surface area (Å²) in [4.78, 5) is 2.20. The van der Waals surface area contributed by atoms with E-state index in [1.54, 1.807) is 24.3 Å². The van der Waals surface area contributed by atoms with E-state index in [2.05, 4.69) is 6.07 Å². The lowest BCUT2D eigenvalue weighted by Crippen LogP contribution is -2.36. The van der Waals surface area contributed by atoms with Crippen molar-refractivity contribution >= 4 is 10.0 Å². The van der Waals surface area contributed by atoms with Gasteiger partial charge in [0.25, 0.3) is 0 Å². The number of hydrogen-bond acceptors (Lipinski definition) is 3. The molecule has 0 N–H and O–H groups in total. The van der Waals surface area contributed by atoms with E-state index < -0.39 is 10.0 Å². The minimum Gasteiger partial charge on any atom is -0.308 e. The predicted molar refractivity (Wildman–Crippen MR) is 68.3 cm³/mol. The van der Waals surface area contributed by atoms with Crippen LogP contribution in [0.5, 0.6) is 0 Å². The molecule has 0 aromatic heterocycles. The normalized spacial score (nSPS) is 12.3. The molecule has 0 fully saturated rings. The highest BCUT2D eigenvalue weighted by Crippen LogP contribution is 2.13. The summed E-state index contributed by atoms with van der Waals surface area (Å²) in [5.74, 6) is 0. The molecule has 0 heterocycles. The summed E-state index contributed by atoms with van der Waals surface area (Å²) in [6, 6.07) is 9.43. The van der Waals surface area contributed by atoms with Crippen molar-refractivity contribution in [3.63, 3.8) is 0 Å². The maximum Gasteiger partial charge on any atom is 0.243 e. The van der Waals surface area contributed by atoms with Crippen molar-refractivity contribution in [1.29, 1.82) is 0 Å². The van der Waals surface area contributed by atoms with Crippen LogP contribution in [0.25, 0.3) is 0 Å². The molecular weight excluding hydrogens is 236 g/mol. The third-order valence-electron chi connectivity index (χ3n) is 2.45. The van der Waals surface area contributed by atoms with Gasteiger partial charge < -0.3 is 4.90 Å². The molecule has 1 aromatic rings. The molecule has 0 bridgehead atoms. The molecular formula is C12H19N2O2S. The number of hydrogen-bond donors (Lipinski definition) is 0. The van der Waals surface area contributed by atoms with Gasteiger partial charge in [0.05, 0.1) is 4.90 Å². The van der Waals surface area contributed by atoms with E-state index in [0.29, 0.717) is 19.6 Å². The molecule has 0 saturated heterocycles. The second-order valence-corrected chi connectivity index (χ2v) is 5.93. The smallest absolute Gasteiger partial charge is 0.243 e. The van der Waals surface area contributed by atoms with Gasteiger partial charge >= 0.3 is 0 Å². The SMILES string of the molecule is CCN(CCN(C)C)S(=O)(=O)c1[c]cccc1. The minimum atomic E-state index is -3.40. The first-order chi connectivity index (χ1) is 7.98. The Balaban J connectivity index is 2.87. The molecule has 0 aliphatic carbocycles. The Morgan fingerprint density at radius 1 is 1.24 bits per heavy atom. The average molecular weight is 255 g/mol. The monoisotopic (exact) mass is 255 g/mol. The molecule has 17 heavy (non-hydrogen) atoms. The van der Waals surface area contributed by atoms with Crippen LogP contribution in [0.15, 0.2) is 29.2 Å². The Kier molecular flexibility index (Phi) is 5.11. The Morgan fingerprint density at radius 3 is 2.41 bits per heavy atom. The standard InChI is InChI=1S/C12H19N2O2S/c1-4-14(11-10-13(2)3)17(15,16)12-8-6-5-7-9-12/h5-8H,4,10-11H2,1-3H3. The summed E-state index contributed by atoms with van der Waals surface area (Å²) in [5.41, 5.74) is 0.